The Morgan fingerprint density at radius 1 is 1.27 bits per heavy atom. The van der Waals surface area contributed by atoms with Crippen molar-refractivity contribution in [2.45, 2.75) is 57.3 Å². The standard InChI is InChI=1S/C19H26O7/c1-11(2)9-14(20)25-17-15(21)19(22-3)24-13-10-23-18(26-16(13)17)12-7-5-4-6-8-12/h4-8,11,13,15-19,21H,9-10H2,1-3H3/t13-,15-,16-,17-,18?,19+/m1/s1. The summed E-state index contributed by atoms with van der Waals surface area (Å²) in [6.45, 7) is 4.10. The van der Waals surface area contributed by atoms with Gasteiger partial charge >= 0.3 is 5.97 Å². The number of rotatable bonds is 5. The molecule has 0 aromatic heterocycles. The van der Waals surface area contributed by atoms with Gasteiger partial charge in [-0.1, -0.05) is 44.2 Å². The van der Waals surface area contributed by atoms with Crippen LogP contribution in [0.25, 0.3) is 0 Å². The van der Waals surface area contributed by atoms with Crippen LogP contribution in [0.15, 0.2) is 30.3 Å². The first kappa shape index (κ1) is 19.3. The summed E-state index contributed by atoms with van der Waals surface area (Å²) in [6.07, 6.45) is -4.44. The van der Waals surface area contributed by atoms with Gasteiger partial charge in [-0.05, 0) is 5.92 Å². The number of carbonyl (C=O) groups excluding carboxylic acids is 1. The smallest absolute Gasteiger partial charge is 0.306 e. The summed E-state index contributed by atoms with van der Waals surface area (Å²) in [5.74, 6) is -0.230. The molecule has 1 N–H and O–H groups in total. The first-order valence-corrected chi connectivity index (χ1v) is 8.87. The Morgan fingerprint density at radius 3 is 2.65 bits per heavy atom. The summed E-state index contributed by atoms with van der Waals surface area (Å²) in [4.78, 5) is 12.2. The van der Waals surface area contributed by atoms with E-state index in [4.69, 9.17) is 23.7 Å². The van der Waals surface area contributed by atoms with Crippen LogP contribution in [-0.4, -0.2) is 55.5 Å². The maximum absolute atomic E-state index is 12.2. The number of hydrogen-bond acceptors (Lipinski definition) is 7. The average Bonchev–Trinajstić information content (AvgIpc) is 2.63. The Balaban J connectivity index is 1.77. The highest BCUT2D eigenvalue weighted by molar-refractivity contribution is 5.69. The number of aliphatic hydroxyl groups is 1. The summed E-state index contributed by atoms with van der Waals surface area (Å²) < 4.78 is 28.2. The first-order valence-electron chi connectivity index (χ1n) is 8.87. The van der Waals surface area contributed by atoms with Gasteiger partial charge in [-0.25, -0.2) is 0 Å². The van der Waals surface area contributed by atoms with E-state index in [0.717, 1.165) is 5.56 Å². The van der Waals surface area contributed by atoms with Gasteiger partial charge in [0.1, 0.15) is 18.3 Å². The third kappa shape index (κ3) is 4.24. The predicted octanol–water partition coefficient (Wildman–Crippen LogP) is 1.79. The molecule has 2 saturated heterocycles. The molecule has 1 unspecified atom stereocenters. The number of carbonyl (C=O) groups is 1. The second-order valence-corrected chi connectivity index (χ2v) is 7.00. The molecule has 0 spiro atoms. The largest absolute Gasteiger partial charge is 0.456 e. The molecular weight excluding hydrogens is 340 g/mol. The van der Waals surface area contributed by atoms with E-state index in [9.17, 15) is 9.90 Å². The minimum atomic E-state index is -1.15. The molecule has 3 rings (SSSR count). The monoisotopic (exact) mass is 366 g/mol. The highest BCUT2D eigenvalue weighted by Crippen LogP contribution is 2.35. The molecule has 2 aliphatic rings. The van der Waals surface area contributed by atoms with Crippen LogP contribution in [0.1, 0.15) is 32.1 Å². The lowest BCUT2D eigenvalue weighted by Crippen LogP contribution is -2.63. The van der Waals surface area contributed by atoms with Crippen molar-refractivity contribution in [2.75, 3.05) is 13.7 Å². The lowest BCUT2D eigenvalue weighted by molar-refractivity contribution is -0.359. The van der Waals surface area contributed by atoms with Gasteiger partial charge in [0.15, 0.2) is 18.7 Å². The lowest BCUT2D eigenvalue weighted by atomic mass is 9.97. The molecule has 7 nitrogen and oxygen atoms in total. The predicted molar refractivity (Wildman–Crippen MR) is 91.0 cm³/mol. The Bertz CT molecular complexity index is 591. The van der Waals surface area contributed by atoms with E-state index in [1.807, 2.05) is 44.2 Å². The third-order valence-electron chi connectivity index (χ3n) is 4.45. The van der Waals surface area contributed by atoms with E-state index < -0.39 is 37.0 Å². The van der Waals surface area contributed by atoms with Crippen LogP contribution in [0.4, 0.5) is 0 Å². The maximum atomic E-state index is 12.2. The molecule has 7 heteroatoms. The topological polar surface area (TPSA) is 83.5 Å². The molecule has 26 heavy (non-hydrogen) atoms. The minimum absolute atomic E-state index is 0.154. The van der Waals surface area contributed by atoms with Gasteiger partial charge in [-0.15, -0.1) is 0 Å². The van der Waals surface area contributed by atoms with Crippen LogP contribution in [-0.2, 0) is 28.5 Å². The normalized spacial score (nSPS) is 34.3. The number of benzene rings is 1. The Kier molecular flexibility index (Phi) is 6.26. The summed E-state index contributed by atoms with van der Waals surface area (Å²) in [5.41, 5.74) is 0.849. The zero-order valence-electron chi connectivity index (χ0n) is 15.2. The SMILES string of the molecule is CO[C@H]1O[C@@H]2COC(c3ccccc3)O[C@H]2[C@H](OC(=O)CC(C)C)[C@H]1O. The van der Waals surface area contributed by atoms with Gasteiger partial charge < -0.3 is 28.8 Å². The van der Waals surface area contributed by atoms with E-state index in [0.29, 0.717) is 0 Å². The van der Waals surface area contributed by atoms with Crippen molar-refractivity contribution in [1.29, 1.82) is 0 Å². The van der Waals surface area contributed by atoms with Gasteiger partial charge in [-0.2, -0.15) is 0 Å². The summed E-state index contributed by atoms with van der Waals surface area (Å²) in [7, 11) is 1.43. The van der Waals surface area contributed by atoms with Crippen molar-refractivity contribution in [3.8, 4) is 0 Å². The summed E-state index contributed by atoms with van der Waals surface area (Å²) in [5, 5.41) is 10.6. The number of esters is 1. The lowest BCUT2D eigenvalue weighted by Gasteiger charge is -2.47. The average molecular weight is 366 g/mol. The van der Waals surface area contributed by atoms with Crippen LogP contribution in [0.5, 0.6) is 0 Å². The highest BCUT2D eigenvalue weighted by Gasteiger charge is 2.51. The fourth-order valence-electron chi connectivity index (χ4n) is 3.20. The van der Waals surface area contributed by atoms with Crippen LogP contribution in [0.2, 0.25) is 0 Å². The highest BCUT2D eigenvalue weighted by atomic mass is 16.8. The fraction of sp³-hybridized carbons (Fsp3) is 0.632. The number of fused-ring (bicyclic) bond motifs is 1. The van der Waals surface area contributed by atoms with Gasteiger partial charge in [-0.3, -0.25) is 4.79 Å². The number of aliphatic hydroxyl groups excluding tert-OH is 1. The zero-order chi connectivity index (χ0) is 18.7. The van der Waals surface area contributed by atoms with Crippen molar-refractivity contribution in [1.82, 2.24) is 0 Å². The molecule has 1 aromatic rings. The molecule has 0 radical (unpaired) electrons. The van der Waals surface area contributed by atoms with Gasteiger partial charge in [0.2, 0.25) is 0 Å². The van der Waals surface area contributed by atoms with Crippen molar-refractivity contribution in [3.63, 3.8) is 0 Å². The maximum Gasteiger partial charge on any atom is 0.306 e. The number of hydrogen-bond donors (Lipinski definition) is 1. The molecule has 2 aliphatic heterocycles. The second-order valence-electron chi connectivity index (χ2n) is 7.00. The molecule has 0 bridgehead atoms. The molecule has 144 valence electrons. The van der Waals surface area contributed by atoms with E-state index in [1.54, 1.807) is 0 Å². The molecule has 1 aromatic carbocycles. The number of methoxy groups -OCH3 is 1. The van der Waals surface area contributed by atoms with Gasteiger partial charge in [0.05, 0.1) is 6.61 Å². The van der Waals surface area contributed by atoms with E-state index in [-0.39, 0.29) is 24.9 Å². The van der Waals surface area contributed by atoms with Crippen molar-refractivity contribution < 1.29 is 33.6 Å². The fourth-order valence-corrected chi connectivity index (χ4v) is 3.20. The van der Waals surface area contributed by atoms with Crippen LogP contribution < -0.4 is 0 Å². The minimum Gasteiger partial charge on any atom is -0.456 e. The first-order chi connectivity index (χ1) is 12.5. The molecule has 2 heterocycles. The van der Waals surface area contributed by atoms with Crippen LogP contribution >= 0.6 is 0 Å². The zero-order valence-corrected chi connectivity index (χ0v) is 15.2. The molecule has 2 fully saturated rings. The Morgan fingerprint density at radius 2 is 2.00 bits per heavy atom. The quantitative estimate of drug-likeness (QED) is 0.796. The molecule has 0 aliphatic carbocycles. The molecule has 0 amide bonds. The molecule has 0 saturated carbocycles. The van der Waals surface area contributed by atoms with Gasteiger partial charge in [0, 0.05) is 19.1 Å². The van der Waals surface area contributed by atoms with Crippen LogP contribution in [0, 0.1) is 5.92 Å². The molecular formula is C19H26O7. The van der Waals surface area contributed by atoms with Crippen LogP contribution in [0.3, 0.4) is 0 Å². The van der Waals surface area contributed by atoms with E-state index >= 15 is 0 Å². The Hall–Kier alpha value is -1.51. The Labute approximate surface area is 153 Å². The van der Waals surface area contributed by atoms with E-state index in [2.05, 4.69) is 0 Å². The van der Waals surface area contributed by atoms with Crippen molar-refractivity contribution in [3.05, 3.63) is 35.9 Å². The summed E-state index contributed by atoms with van der Waals surface area (Å²) in [6, 6.07) is 9.47. The molecule has 6 atom stereocenters. The van der Waals surface area contributed by atoms with Gasteiger partial charge in [0.25, 0.3) is 0 Å². The second kappa shape index (κ2) is 8.45. The third-order valence-corrected chi connectivity index (χ3v) is 4.45. The summed E-state index contributed by atoms with van der Waals surface area (Å²) >= 11 is 0. The number of ether oxygens (including phenoxy) is 5. The van der Waals surface area contributed by atoms with E-state index in [1.165, 1.54) is 7.11 Å². The van der Waals surface area contributed by atoms with Crippen molar-refractivity contribution in [2.24, 2.45) is 5.92 Å². The van der Waals surface area contributed by atoms with Crippen molar-refractivity contribution >= 4 is 5.97 Å².